The number of unbranched alkanes of at least 4 members (excludes halogenated alkanes) is 2. The van der Waals surface area contributed by atoms with Crippen molar-refractivity contribution in [3.8, 4) is 0 Å². The van der Waals surface area contributed by atoms with Gasteiger partial charge in [-0.05, 0) is 29.0 Å². The molecule has 0 fully saturated rings. The van der Waals surface area contributed by atoms with Crippen LogP contribution in [-0.4, -0.2) is 8.07 Å². The lowest BCUT2D eigenvalue weighted by atomic mass is 9.88. The number of benzene rings is 1. The summed E-state index contributed by atoms with van der Waals surface area (Å²) in [5.74, 6) is 0. The molecule has 1 unspecified atom stereocenters. The Morgan fingerprint density at radius 2 is 1.76 bits per heavy atom. The van der Waals surface area contributed by atoms with Crippen LogP contribution < -0.4 is 0 Å². The normalized spacial score (nSPS) is 22.2. The zero-order chi connectivity index (χ0) is 15.3. The van der Waals surface area contributed by atoms with Crippen LogP contribution in [0.5, 0.6) is 0 Å². The highest BCUT2D eigenvalue weighted by Gasteiger charge is 2.40. The standard InChI is InChI=1S/C20H30Si/c1-5-6-10-15-20(21(2,3)4)16-13-19(14-17-20)18-11-8-7-9-12-18/h7-9,11-14,16H,5-6,10,15,17H2,1-4H3. The third kappa shape index (κ3) is 3.77. The minimum Gasteiger partial charge on any atom is -0.0801 e. The highest BCUT2D eigenvalue weighted by atomic mass is 28.3. The highest BCUT2D eigenvalue weighted by Crippen LogP contribution is 2.51. The molecule has 1 aliphatic carbocycles. The average Bonchev–Trinajstić information content (AvgIpc) is 2.48. The van der Waals surface area contributed by atoms with Gasteiger partial charge in [-0.25, -0.2) is 0 Å². The summed E-state index contributed by atoms with van der Waals surface area (Å²) in [6, 6.07) is 10.8. The van der Waals surface area contributed by atoms with E-state index >= 15 is 0 Å². The molecule has 0 aliphatic heterocycles. The first kappa shape index (κ1) is 16.3. The van der Waals surface area contributed by atoms with Gasteiger partial charge in [0.25, 0.3) is 0 Å². The molecule has 2 rings (SSSR count). The zero-order valence-electron chi connectivity index (χ0n) is 14.2. The molecule has 1 aromatic rings. The van der Waals surface area contributed by atoms with Crippen LogP contribution >= 0.6 is 0 Å². The molecule has 1 heteroatoms. The van der Waals surface area contributed by atoms with Gasteiger partial charge in [-0.15, -0.1) is 0 Å². The number of rotatable bonds is 6. The first-order chi connectivity index (χ1) is 9.98. The lowest BCUT2D eigenvalue weighted by molar-refractivity contribution is 0.542. The summed E-state index contributed by atoms with van der Waals surface area (Å²) in [4.78, 5) is 0. The maximum Gasteiger partial charge on any atom is 0.0553 e. The van der Waals surface area contributed by atoms with Gasteiger partial charge in [-0.2, -0.15) is 0 Å². The lowest BCUT2D eigenvalue weighted by Crippen LogP contribution is -2.38. The Hall–Kier alpha value is -1.08. The van der Waals surface area contributed by atoms with Crippen molar-refractivity contribution in [1.29, 1.82) is 0 Å². The Morgan fingerprint density at radius 3 is 2.29 bits per heavy atom. The molecule has 1 aromatic carbocycles. The van der Waals surface area contributed by atoms with Crippen LogP contribution in [0.1, 0.15) is 44.6 Å². The largest absolute Gasteiger partial charge is 0.0801 e. The van der Waals surface area contributed by atoms with Gasteiger partial charge < -0.3 is 0 Å². The van der Waals surface area contributed by atoms with Crippen molar-refractivity contribution in [1.82, 2.24) is 0 Å². The van der Waals surface area contributed by atoms with Crippen LogP contribution in [0.2, 0.25) is 24.7 Å². The van der Waals surface area contributed by atoms with Crippen LogP contribution in [0.15, 0.2) is 48.6 Å². The Bertz CT molecular complexity index is 504. The monoisotopic (exact) mass is 298 g/mol. The lowest BCUT2D eigenvalue weighted by Gasteiger charge is -2.43. The van der Waals surface area contributed by atoms with E-state index in [0.717, 1.165) is 0 Å². The Labute approximate surface area is 132 Å². The summed E-state index contributed by atoms with van der Waals surface area (Å²) in [6.45, 7) is 9.89. The van der Waals surface area contributed by atoms with E-state index in [1.165, 1.54) is 43.2 Å². The van der Waals surface area contributed by atoms with Crippen molar-refractivity contribution in [2.75, 3.05) is 0 Å². The molecule has 0 aromatic heterocycles. The Kier molecular flexibility index (Phi) is 5.26. The van der Waals surface area contributed by atoms with Gasteiger partial charge in [0, 0.05) is 0 Å². The summed E-state index contributed by atoms with van der Waals surface area (Å²) in [5.41, 5.74) is 2.76. The SMILES string of the molecule is CCCCCC1([Si](C)(C)C)C=CC(c2ccccc2)=CC1. The van der Waals surface area contributed by atoms with Gasteiger partial charge in [0.2, 0.25) is 0 Å². The number of hydrogen-bond donors (Lipinski definition) is 0. The van der Waals surface area contributed by atoms with E-state index in [1.54, 1.807) is 0 Å². The predicted octanol–water partition coefficient (Wildman–Crippen LogP) is 6.69. The predicted molar refractivity (Wildman–Crippen MR) is 98.4 cm³/mol. The van der Waals surface area contributed by atoms with E-state index in [0.29, 0.717) is 5.04 Å². The number of hydrogen-bond acceptors (Lipinski definition) is 0. The average molecular weight is 299 g/mol. The third-order valence-corrected chi connectivity index (χ3v) is 8.70. The van der Waals surface area contributed by atoms with Gasteiger partial charge in [-0.1, -0.05) is 94.4 Å². The van der Waals surface area contributed by atoms with E-state index in [9.17, 15) is 0 Å². The highest BCUT2D eigenvalue weighted by molar-refractivity contribution is 6.79. The maximum absolute atomic E-state index is 2.57. The van der Waals surface area contributed by atoms with E-state index in [1.807, 2.05) is 0 Å². The summed E-state index contributed by atoms with van der Waals surface area (Å²) >= 11 is 0. The molecule has 0 nitrogen and oxygen atoms in total. The minimum atomic E-state index is -1.22. The summed E-state index contributed by atoms with van der Waals surface area (Å²) in [6.07, 6.45) is 14.1. The molecule has 0 spiro atoms. The topological polar surface area (TPSA) is 0 Å². The van der Waals surface area contributed by atoms with E-state index in [-0.39, 0.29) is 0 Å². The van der Waals surface area contributed by atoms with Gasteiger partial charge in [-0.3, -0.25) is 0 Å². The molecule has 0 heterocycles. The van der Waals surface area contributed by atoms with Crippen molar-refractivity contribution in [3.05, 3.63) is 54.1 Å². The van der Waals surface area contributed by atoms with Gasteiger partial charge in [0.05, 0.1) is 8.07 Å². The molecular weight excluding hydrogens is 268 g/mol. The molecule has 0 N–H and O–H groups in total. The van der Waals surface area contributed by atoms with Gasteiger partial charge in [0.15, 0.2) is 0 Å². The molecule has 1 atom stereocenters. The summed E-state index contributed by atoms with van der Waals surface area (Å²) in [7, 11) is -1.22. The molecule has 0 bridgehead atoms. The summed E-state index contributed by atoms with van der Waals surface area (Å²) in [5, 5.41) is 0.459. The van der Waals surface area contributed by atoms with Crippen molar-refractivity contribution in [3.63, 3.8) is 0 Å². The fourth-order valence-electron chi connectivity index (χ4n) is 3.33. The molecule has 0 saturated heterocycles. The smallest absolute Gasteiger partial charge is 0.0553 e. The van der Waals surface area contributed by atoms with Crippen molar-refractivity contribution in [2.24, 2.45) is 0 Å². The zero-order valence-corrected chi connectivity index (χ0v) is 15.2. The first-order valence-electron chi connectivity index (χ1n) is 8.43. The van der Waals surface area contributed by atoms with Crippen LogP contribution in [-0.2, 0) is 0 Å². The summed E-state index contributed by atoms with van der Waals surface area (Å²) < 4.78 is 0. The molecule has 21 heavy (non-hydrogen) atoms. The second-order valence-corrected chi connectivity index (χ2v) is 12.9. The minimum absolute atomic E-state index is 0.459. The molecule has 114 valence electrons. The fraction of sp³-hybridized carbons (Fsp3) is 0.500. The van der Waals surface area contributed by atoms with Gasteiger partial charge >= 0.3 is 0 Å². The molecule has 0 saturated carbocycles. The van der Waals surface area contributed by atoms with Crippen molar-refractivity contribution >= 4 is 13.6 Å². The first-order valence-corrected chi connectivity index (χ1v) is 11.9. The third-order valence-electron chi connectivity index (χ3n) is 5.10. The maximum atomic E-state index is 2.57. The molecule has 0 radical (unpaired) electrons. The Balaban J connectivity index is 2.17. The van der Waals surface area contributed by atoms with E-state index in [4.69, 9.17) is 0 Å². The van der Waals surface area contributed by atoms with Crippen molar-refractivity contribution in [2.45, 2.75) is 63.7 Å². The van der Waals surface area contributed by atoms with Crippen molar-refractivity contribution < 1.29 is 0 Å². The van der Waals surface area contributed by atoms with Crippen LogP contribution in [0.25, 0.3) is 5.57 Å². The molecular formula is C20H30Si. The fourth-order valence-corrected chi connectivity index (χ4v) is 5.55. The van der Waals surface area contributed by atoms with Crippen LogP contribution in [0.4, 0.5) is 0 Å². The number of allylic oxidation sites excluding steroid dienone is 4. The second kappa shape index (κ2) is 6.78. The van der Waals surface area contributed by atoms with Gasteiger partial charge in [0.1, 0.15) is 0 Å². The molecule has 1 aliphatic rings. The molecule has 0 amide bonds. The van der Waals surface area contributed by atoms with Crippen LogP contribution in [0.3, 0.4) is 0 Å². The Morgan fingerprint density at radius 1 is 1.05 bits per heavy atom. The second-order valence-electron chi connectivity index (χ2n) is 7.43. The van der Waals surface area contributed by atoms with E-state index in [2.05, 4.69) is 75.1 Å². The van der Waals surface area contributed by atoms with E-state index < -0.39 is 8.07 Å². The quantitative estimate of drug-likeness (QED) is 0.405. The van der Waals surface area contributed by atoms with Crippen LogP contribution in [0, 0.1) is 0 Å².